The summed E-state index contributed by atoms with van der Waals surface area (Å²) in [7, 11) is 1.64. The molecular weight excluding hydrogens is 723 g/mol. The van der Waals surface area contributed by atoms with E-state index < -0.39 is 18.1 Å². The number of thiocarbonyl (C=S) groups is 1. The molecule has 2 aromatic heterocycles. The number of benzene rings is 4. The number of thiazole rings is 1. The molecule has 4 aromatic carbocycles. The number of carboxylic acids is 1. The zero-order valence-corrected chi connectivity index (χ0v) is 31.2. The maximum absolute atomic E-state index is 13.7. The van der Waals surface area contributed by atoms with Gasteiger partial charge >= 0.3 is 5.97 Å². The smallest absolute Gasteiger partial charge is 0.323 e. The second-order valence-corrected chi connectivity index (χ2v) is 14.7. The second kappa shape index (κ2) is 15.5. The molecule has 1 saturated heterocycles. The highest BCUT2D eigenvalue weighted by Crippen LogP contribution is 2.32. The van der Waals surface area contributed by atoms with Crippen LogP contribution in [0.25, 0.3) is 39.2 Å². The van der Waals surface area contributed by atoms with E-state index in [1.807, 2.05) is 91.9 Å². The van der Waals surface area contributed by atoms with Gasteiger partial charge in [-0.25, -0.2) is 0 Å². The first-order chi connectivity index (χ1) is 25.7. The Morgan fingerprint density at radius 1 is 0.925 bits per heavy atom. The van der Waals surface area contributed by atoms with Gasteiger partial charge in [-0.2, -0.15) is 0 Å². The molecule has 3 heterocycles. The highest BCUT2D eigenvalue weighted by atomic mass is 32.2. The number of hydrogen-bond donors (Lipinski definition) is 1. The molecule has 1 fully saturated rings. The van der Waals surface area contributed by atoms with E-state index in [2.05, 4.69) is 47.2 Å². The summed E-state index contributed by atoms with van der Waals surface area (Å²) in [5.41, 5.74) is 6.41. The zero-order chi connectivity index (χ0) is 37.1. The van der Waals surface area contributed by atoms with Crippen LogP contribution in [0.4, 0.5) is 0 Å². The van der Waals surface area contributed by atoms with Crippen molar-refractivity contribution < 1.29 is 19.4 Å². The number of aromatic nitrogens is 2. The van der Waals surface area contributed by atoms with Gasteiger partial charge in [0.2, 0.25) is 0 Å². The fourth-order valence-corrected chi connectivity index (χ4v) is 8.85. The number of methoxy groups -OCH3 is 1. The first-order valence-corrected chi connectivity index (χ1v) is 18.8. The van der Waals surface area contributed by atoms with Crippen LogP contribution in [0.1, 0.15) is 29.2 Å². The van der Waals surface area contributed by atoms with Crippen LogP contribution in [-0.4, -0.2) is 49.0 Å². The standard InChI is InChI=1S/C42H33N3O5S3/c1-3-43-40(49)38(53-42(43)51)41-45(26-37(46)47)39(48)36(52-41)24-27-17-22-35-34(23-27)30(25-44(35)31-18-20-32(50-2)21-19-31)15-10-16-33(28-11-6-4-7-12-28)29-13-8-5-9-14-29/h4-25H,3,26H2,1-2H3,(H,46,47)/b15-10+,36-24-,41-38-. The van der Waals surface area contributed by atoms with Gasteiger partial charge in [-0.1, -0.05) is 109 Å². The number of allylic oxidation sites excluding steroid dienone is 2. The summed E-state index contributed by atoms with van der Waals surface area (Å²) in [5.74, 6) is -0.757. The molecule has 1 aliphatic rings. The fraction of sp³-hybridized carbons (Fsp3) is 0.0952. The summed E-state index contributed by atoms with van der Waals surface area (Å²) in [5, 5.41) is 10.6. The molecule has 8 nitrogen and oxygen atoms in total. The monoisotopic (exact) mass is 755 g/mol. The highest BCUT2D eigenvalue weighted by molar-refractivity contribution is 8.30. The van der Waals surface area contributed by atoms with Crippen LogP contribution >= 0.6 is 35.3 Å². The van der Waals surface area contributed by atoms with Crippen molar-refractivity contribution >= 4 is 85.0 Å². The fourth-order valence-electron chi connectivity index (χ4n) is 6.21. The number of carbonyl (C=O) groups excluding carboxylic acids is 1. The number of fused-ring (bicyclic) bond motifs is 1. The van der Waals surface area contributed by atoms with E-state index in [-0.39, 0.29) is 15.5 Å². The molecule has 6 aromatic rings. The molecule has 0 bridgehead atoms. The summed E-state index contributed by atoms with van der Waals surface area (Å²) in [6, 6.07) is 34.3. The van der Waals surface area contributed by atoms with Crippen molar-refractivity contribution in [3.05, 3.63) is 163 Å². The molecule has 1 aliphatic heterocycles. The average Bonchev–Trinajstić information content (AvgIpc) is 3.79. The average molecular weight is 756 g/mol. The van der Waals surface area contributed by atoms with Gasteiger partial charge in [-0.15, -0.1) is 11.3 Å². The normalized spacial score (nSPS) is 14.5. The van der Waals surface area contributed by atoms with Crippen molar-refractivity contribution in [1.82, 2.24) is 14.0 Å². The van der Waals surface area contributed by atoms with E-state index in [0.29, 0.717) is 15.4 Å². The van der Waals surface area contributed by atoms with Gasteiger partial charge in [-0.05, 0) is 71.7 Å². The molecule has 11 heteroatoms. The molecular formula is C42H33N3O5S3. The molecule has 7 rings (SSSR count). The quantitative estimate of drug-likeness (QED) is 0.120. The zero-order valence-electron chi connectivity index (χ0n) is 28.8. The Hall–Kier alpha value is -5.75. The number of rotatable bonds is 10. The summed E-state index contributed by atoms with van der Waals surface area (Å²) in [4.78, 5) is 40.4. The van der Waals surface area contributed by atoms with E-state index >= 15 is 0 Å². The predicted molar refractivity (Wildman–Crippen MR) is 219 cm³/mol. The van der Waals surface area contributed by atoms with Gasteiger partial charge in [-0.3, -0.25) is 23.9 Å². The van der Waals surface area contributed by atoms with Crippen LogP contribution in [0, 0.1) is 0 Å². The Bertz CT molecular complexity index is 2580. The lowest BCUT2D eigenvalue weighted by atomic mass is 9.97. The Morgan fingerprint density at radius 2 is 1.60 bits per heavy atom. The van der Waals surface area contributed by atoms with Crippen LogP contribution in [-0.2, 0) is 16.1 Å². The Balaban J connectivity index is 1.38. The predicted octanol–water partition coefficient (Wildman–Crippen LogP) is 6.91. The van der Waals surface area contributed by atoms with Gasteiger partial charge < -0.3 is 14.4 Å². The highest BCUT2D eigenvalue weighted by Gasteiger charge is 2.33. The number of nitrogens with zero attached hydrogens (tertiary/aromatic N) is 3. The first kappa shape index (κ1) is 35.6. The Labute approximate surface area is 318 Å². The molecule has 1 amide bonds. The third-order valence-electron chi connectivity index (χ3n) is 8.78. The molecule has 0 atom stereocenters. The van der Waals surface area contributed by atoms with E-state index in [4.69, 9.17) is 17.0 Å². The minimum absolute atomic E-state index is 0.262. The lowest BCUT2D eigenvalue weighted by Crippen LogP contribution is -2.35. The minimum atomic E-state index is -1.18. The van der Waals surface area contributed by atoms with E-state index in [1.165, 1.54) is 4.90 Å². The molecule has 0 spiro atoms. The number of ether oxygens (including phenoxy) is 1. The summed E-state index contributed by atoms with van der Waals surface area (Å²) in [6.07, 6.45) is 10.1. The van der Waals surface area contributed by atoms with Crippen molar-refractivity contribution in [3.63, 3.8) is 0 Å². The minimum Gasteiger partial charge on any atom is -0.497 e. The molecule has 0 unspecified atom stereocenters. The van der Waals surface area contributed by atoms with Crippen molar-refractivity contribution in [2.45, 2.75) is 13.5 Å². The van der Waals surface area contributed by atoms with Crippen LogP contribution in [0.5, 0.6) is 5.75 Å². The van der Waals surface area contributed by atoms with Gasteiger partial charge in [0.1, 0.15) is 26.2 Å². The van der Waals surface area contributed by atoms with Crippen molar-refractivity contribution in [3.8, 4) is 11.4 Å². The number of amides is 1. The van der Waals surface area contributed by atoms with E-state index in [1.54, 1.807) is 13.2 Å². The Kier molecular flexibility index (Phi) is 10.4. The summed E-state index contributed by atoms with van der Waals surface area (Å²) >= 11 is 7.58. The van der Waals surface area contributed by atoms with Crippen LogP contribution in [0.2, 0.25) is 0 Å². The third-order valence-corrected chi connectivity index (χ3v) is 11.5. The first-order valence-electron chi connectivity index (χ1n) is 16.8. The van der Waals surface area contributed by atoms with Gasteiger partial charge in [0.15, 0.2) is 0 Å². The second-order valence-electron chi connectivity index (χ2n) is 12.0. The number of carbonyl (C=O) groups is 2. The number of thioether (sulfide) groups is 1. The molecule has 1 N–H and O–H groups in total. The third kappa shape index (κ3) is 7.32. The molecule has 0 radical (unpaired) electrons. The largest absolute Gasteiger partial charge is 0.497 e. The van der Waals surface area contributed by atoms with E-state index in [9.17, 15) is 19.5 Å². The topological polar surface area (TPSA) is 93.8 Å². The maximum Gasteiger partial charge on any atom is 0.323 e. The number of carboxylic acid groups (broad SMARTS) is 1. The van der Waals surface area contributed by atoms with Crippen molar-refractivity contribution in [2.75, 3.05) is 13.7 Å². The number of aliphatic carboxylic acids is 1. The summed E-state index contributed by atoms with van der Waals surface area (Å²) < 4.78 is 9.63. The number of hydrogen-bond acceptors (Lipinski definition) is 7. The summed E-state index contributed by atoms with van der Waals surface area (Å²) in [6.45, 7) is 1.62. The SMILES string of the molecule is CCN1C(=O)/C(=c2/s/c(=C\c3ccc4c(c3)c(/C=C/C=C(c3ccccc3)c3ccccc3)cn4-c3ccc(OC)cc3)c(=O)n2CC(=O)O)SC1=S. The maximum atomic E-state index is 13.7. The molecule has 0 aliphatic carbocycles. The van der Waals surface area contributed by atoms with Crippen LogP contribution < -0.4 is 19.5 Å². The Morgan fingerprint density at radius 3 is 2.21 bits per heavy atom. The van der Waals surface area contributed by atoms with Gasteiger partial charge in [0.05, 0.1) is 17.2 Å². The molecule has 264 valence electrons. The van der Waals surface area contributed by atoms with Crippen LogP contribution in [0.3, 0.4) is 0 Å². The van der Waals surface area contributed by atoms with Crippen LogP contribution in [0.15, 0.2) is 126 Å². The lowest BCUT2D eigenvalue weighted by molar-refractivity contribution is -0.137. The van der Waals surface area contributed by atoms with Crippen molar-refractivity contribution in [2.24, 2.45) is 0 Å². The van der Waals surface area contributed by atoms with Crippen molar-refractivity contribution in [1.29, 1.82) is 0 Å². The molecule has 0 saturated carbocycles. The molecule has 53 heavy (non-hydrogen) atoms. The lowest BCUT2D eigenvalue weighted by Gasteiger charge is -2.09. The van der Waals surface area contributed by atoms with Gasteiger partial charge in [0.25, 0.3) is 11.5 Å². The van der Waals surface area contributed by atoms with E-state index in [0.717, 1.165) is 77.8 Å². The van der Waals surface area contributed by atoms with Gasteiger partial charge in [0, 0.05) is 29.4 Å².